The minimum Gasteiger partial charge on any atom is -0.480 e. The monoisotopic (exact) mass is 286 g/mol. The maximum atomic E-state index is 11.9. The fourth-order valence-corrected chi connectivity index (χ4v) is 2.28. The number of hydrogen-bond donors (Lipinski definition) is 3. The molecule has 0 radical (unpaired) electrons. The van der Waals surface area contributed by atoms with Crippen LogP contribution in [0.4, 0.5) is 4.79 Å². The van der Waals surface area contributed by atoms with Crippen LogP contribution in [0.5, 0.6) is 0 Å². The number of nitrogens with one attached hydrogen (secondary N) is 1. The Morgan fingerprint density at radius 3 is 2.75 bits per heavy atom. The Labute approximate surface area is 117 Å². The zero-order valence-corrected chi connectivity index (χ0v) is 11.5. The summed E-state index contributed by atoms with van der Waals surface area (Å²) in [7, 11) is 0. The lowest BCUT2D eigenvalue weighted by atomic mass is 10.2. The summed E-state index contributed by atoms with van der Waals surface area (Å²) in [5.41, 5.74) is 0. The fraction of sp³-hybridized carbons (Fsp3) is 0.846. The van der Waals surface area contributed by atoms with Crippen LogP contribution in [0.25, 0.3) is 0 Å². The second-order valence-electron chi connectivity index (χ2n) is 5.50. The van der Waals surface area contributed by atoms with Crippen LogP contribution in [0.1, 0.15) is 25.7 Å². The van der Waals surface area contributed by atoms with Crippen molar-refractivity contribution in [3.05, 3.63) is 0 Å². The molecule has 2 atom stereocenters. The second kappa shape index (κ2) is 6.90. The number of rotatable bonds is 7. The highest BCUT2D eigenvalue weighted by Crippen LogP contribution is 2.28. The summed E-state index contributed by atoms with van der Waals surface area (Å²) < 4.78 is 5.44. The number of likely N-dealkylation sites (tertiary alicyclic amines) is 1. The number of β-amino-alcohol motifs (C(OH)–C–C–N with tert-alkyl or cyclic N) is 1. The Kier molecular flexibility index (Phi) is 5.19. The standard InChI is InChI=1S/C13H22N2O5/c16-10-6-11(12(17)18)15(7-10)13(19)14-4-1-5-20-8-9-2-3-9/h9-11,16H,1-8H2,(H,14,19)(H,17,18)/t10-,11+/m1/s1. The number of urea groups is 1. The van der Waals surface area contributed by atoms with E-state index in [2.05, 4.69) is 5.32 Å². The van der Waals surface area contributed by atoms with E-state index in [1.165, 1.54) is 17.7 Å². The van der Waals surface area contributed by atoms with E-state index in [4.69, 9.17) is 9.84 Å². The number of aliphatic hydroxyl groups is 1. The lowest BCUT2D eigenvalue weighted by molar-refractivity contribution is -0.141. The maximum Gasteiger partial charge on any atom is 0.326 e. The molecule has 0 unspecified atom stereocenters. The molecule has 0 aromatic rings. The molecule has 1 saturated carbocycles. The smallest absolute Gasteiger partial charge is 0.326 e. The topological polar surface area (TPSA) is 99.1 Å². The van der Waals surface area contributed by atoms with Crippen molar-refractivity contribution in [3.8, 4) is 0 Å². The van der Waals surface area contributed by atoms with Crippen LogP contribution in [0.2, 0.25) is 0 Å². The molecule has 3 N–H and O–H groups in total. The number of ether oxygens (including phenoxy) is 1. The molecule has 2 fully saturated rings. The second-order valence-corrected chi connectivity index (χ2v) is 5.50. The average Bonchev–Trinajstić information content (AvgIpc) is 3.13. The normalized spacial score (nSPS) is 25.8. The van der Waals surface area contributed by atoms with Gasteiger partial charge in [0.2, 0.25) is 0 Å². The van der Waals surface area contributed by atoms with Gasteiger partial charge in [-0.15, -0.1) is 0 Å². The van der Waals surface area contributed by atoms with Gasteiger partial charge in [0.15, 0.2) is 0 Å². The quantitative estimate of drug-likeness (QED) is 0.574. The molecular formula is C13H22N2O5. The predicted octanol–water partition coefficient (Wildman–Crippen LogP) is 0.0325. The van der Waals surface area contributed by atoms with Crippen LogP contribution in [0.3, 0.4) is 0 Å². The predicted molar refractivity (Wildman–Crippen MR) is 70.3 cm³/mol. The first kappa shape index (κ1) is 15.1. The number of nitrogens with zero attached hydrogens (tertiary/aromatic N) is 1. The van der Waals surface area contributed by atoms with Gasteiger partial charge in [0.05, 0.1) is 6.10 Å². The van der Waals surface area contributed by atoms with E-state index < -0.39 is 24.1 Å². The number of aliphatic hydroxyl groups excluding tert-OH is 1. The van der Waals surface area contributed by atoms with Crippen LogP contribution in [0.15, 0.2) is 0 Å². The van der Waals surface area contributed by atoms with Gasteiger partial charge in [0.1, 0.15) is 6.04 Å². The third-order valence-electron chi connectivity index (χ3n) is 3.62. The van der Waals surface area contributed by atoms with E-state index >= 15 is 0 Å². The van der Waals surface area contributed by atoms with Crippen LogP contribution < -0.4 is 5.32 Å². The van der Waals surface area contributed by atoms with E-state index in [-0.39, 0.29) is 13.0 Å². The van der Waals surface area contributed by atoms with E-state index in [1.807, 2.05) is 0 Å². The molecule has 0 aromatic carbocycles. The van der Waals surface area contributed by atoms with Gasteiger partial charge in [-0.3, -0.25) is 0 Å². The molecule has 2 aliphatic rings. The molecule has 0 spiro atoms. The van der Waals surface area contributed by atoms with E-state index in [0.29, 0.717) is 19.6 Å². The van der Waals surface area contributed by atoms with E-state index in [0.717, 1.165) is 12.5 Å². The van der Waals surface area contributed by atoms with Crippen LogP contribution in [-0.4, -0.2) is 65.6 Å². The summed E-state index contributed by atoms with van der Waals surface area (Å²) >= 11 is 0. The number of carboxylic acid groups (broad SMARTS) is 1. The lowest BCUT2D eigenvalue weighted by Gasteiger charge is -2.21. The number of aliphatic carboxylic acids is 1. The van der Waals surface area contributed by atoms with Crippen molar-refractivity contribution in [2.24, 2.45) is 5.92 Å². The summed E-state index contributed by atoms with van der Waals surface area (Å²) in [6.45, 7) is 1.92. The van der Waals surface area contributed by atoms with Gasteiger partial charge in [-0.2, -0.15) is 0 Å². The molecule has 1 heterocycles. The van der Waals surface area contributed by atoms with Gasteiger partial charge in [-0.25, -0.2) is 9.59 Å². The molecule has 114 valence electrons. The van der Waals surface area contributed by atoms with Crippen molar-refractivity contribution in [1.82, 2.24) is 10.2 Å². The highest BCUT2D eigenvalue weighted by atomic mass is 16.5. The van der Waals surface area contributed by atoms with Crippen molar-refractivity contribution in [2.75, 3.05) is 26.3 Å². The van der Waals surface area contributed by atoms with Crippen molar-refractivity contribution >= 4 is 12.0 Å². The van der Waals surface area contributed by atoms with Crippen LogP contribution >= 0.6 is 0 Å². The fourth-order valence-electron chi connectivity index (χ4n) is 2.28. The lowest BCUT2D eigenvalue weighted by Crippen LogP contribution is -2.46. The number of carboxylic acids is 1. The van der Waals surface area contributed by atoms with Crippen molar-refractivity contribution in [2.45, 2.75) is 37.8 Å². The van der Waals surface area contributed by atoms with E-state index in [9.17, 15) is 14.7 Å². The Hall–Kier alpha value is -1.34. The molecule has 20 heavy (non-hydrogen) atoms. The Morgan fingerprint density at radius 2 is 2.10 bits per heavy atom. The summed E-state index contributed by atoms with van der Waals surface area (Å²) in [6, 6.07) is -1.37. The summed E-state index contributed by atoms with van der Waals surface area (Å²) in [4.78, 5) is 24.0. The van der Waals surface area contributed by atoms with Gasteiger partial charge in [-0.05, 0) is 25.2 Å². The van der Waals surface area contributed by atoms with Crippen molar-refractivity contribution < 1.29 is 24.5 Å². The van der Waals surface area contributed by atoms with Gasteiger partial charge < -0.3 is 25.2 Å². The SMILES string of the molecule is O=C(O)[C@@H]1C[C@@H](O)CN1C(=O)NCCCOCC1CC1. The third kappa shape index (κ3) is 4.35. The Bertz CT molecular complexity index is 359. The molecule has 2 rings (SSSR count). The molecule has 0 bridgehead atoms. The van der Waals surface area contributed by atoms with Gasteiger partial charge in [0.25, 0.3) is 0 Å². The number of carbonyl (C=O) groups is 2. The van der Waals surface area contributed by atoms with Gasteiger partial charge >= 0.3 is 12.0 Å². The van der Waals surface area contributed by atoms with E-state index in [1.54, 1.807) is 0 Å². The first-order valence-electron chi connectivity index (χ1n) is 7.11. The maximum absolute atomic E-state index is 11.9. The summed E-state index contributed by atoms with van der Waals surface area (Å²) in [5.74, 6) is -0.350. The first-order chi connectivity index (χ1) is 9.58. The molecule has 7 heteroatoms. The number of amides is 2. The Morgan fingerprint density at radius 1 is 1.35 bits per heavy atom. The molecule has 1 saturated heterocycles. The molecule has 7 nitrogen and oxygen atoms in total. The summed E-state index contributed by atoms with van der Waals surface area (Å²) in [5, 5.41) is 21.1. The van der Waals surface area contributed by atoms with Crippen LogP contribution in [-0.2, 0) is 9.53 Å². The molecule has 1 aliphatic carbocycles. The zero-order chi connectivity index (χ0) is 14.5. The third-order valence-corrected chi connectivity index (χ3v) is 3.62. The largest absolute Gasteiger partial charge is 0.480 e. The minimum atomic E-state index is -1.08. The minimum absolute atomic E-state index is 0.0704. The number of hydrogen-bond acceptors (Lipinski definition) is 4. The zero-order valence-electron chi connectivity index (χ0n) is 11.5. The van der Waals surface area contributed by atoms with Crippen LogP contribution in [0, 0.1) is 5.92 Å². The average molecular weight is 286 g/mol. The molecule has 1 aliphatic heterocycles. The molecular weight excluding hydrogens is 264 g/mol. The van der Waals surface area contributed by atoms with Crippen molar-refractivity contribution in [3.63, 3.8) is 0 Å². The van der Waals surface area contributed by atoms with Crippen molar-refractivity contribution in [1.29, 1.82) is 0 Å². The Balaban J connectivity index is 1.61. The highest BCUT2D eigenvalue weighted by Gasteiger charge is 2.38. The number of carbonyl (C=O) groups excluding carboxylic acids is 1. The molecule has 2 amide bonds. The van der Waals surface area contributed by atoms with Gasteiger partial charge in [0, 0.05) is 32.7 Å². The molecule has 0 aromatic heterocycles. The summed E-state index contributed by atoms with van der Waals surface area (Å²) in [6.07, 6.45) is 2.54. The first-order valence-corrected chi connectivity index (χ1v) is 7.11. The highest BCUT2D eigenvalue weighted by molar-refractivity contribution is 5.83. The van der Waals surface area contributed by atoms with Gasteiger partial charge in [-0.1, -0.05) is 0 Å².